The van der Waals surface area contributed by atoms with Gasteiger partial charge < -0.3 is 15.2 Å². The molecule has 21 heavy (non-hydrogen) atoms. The molecule has 0 aliphatic heterocycles. The first-order chi connectivity index (χ1) is 10.1. The summed E-state index contributed by atoms with van der Waals surface area (Å²) < 4.78 is 0. The van der Waals surface area contributed by atoms with Crippen LogP contribution < -0.4 is 10.4 Å². The minimum atomic E-state index is -1.07. The third-order valence-corrected chi connectivity index (χ3v) is 5.09. The summed E-state index contributed by atoms with van der Waals surface area (Å²) in [5.41, 5.74) is 1.90. The zero-order valence-corrected chi connectivity index (χ0v) is 12.2. The van der Waals surface area contributed by atoms with Gasteiger partial charge in [-0.2, -0.15) is 0 Å². The van der Waals surface area contributed by atoms with Crippen molar-refractivity contribution in [2.24, 2.45) is 23.7 Å². The normalized spacial score (nSPS) is 30.3. The molecular formula is C17H20NO3-. The molecule has 2 aliphatic rings. The van der Waals surface area contributed by atoms with Crippen LogP contribution in [0.5, 0.6) is 0 Å². The first-order valence-electron chi connectivity index (χ1n) is 7.70. The lowest BCUT2D eigenvalue weighted by molar-refractivity contribution is -0.314. The SMILES string of the molecule is CCc1cccc(NC(=O)[C@H]2[C@@H]3CC[C@@H](C3)[C@@H]2C(=O)[O-])c1. The van der Waals surface area contributed by atoms with Crippen LogP contribution in [0.15, 0.2) is 24.3 Å². The molecular weight excluding hydrogens is 266 g/mol. The van der Waals surface area contributed by atoms with Gasteiger partial charge in [0.05, 0.1) is 0 Å². The number of benzene rings is 1. The summed E-state index contributed by atoms with van der Waals surface area (Å²) in [5, 5.41) is 14.3. The second-order valence-corrected chi connectivity index (χ2v) is 6.25. The monoisotopic (exact) mass is 286 g/mol. The Bertz CT molecular complexity index is 569. The molecule has 4 nitrogen and oxygen atoms in total. The first kappa shape index (κ1) is 14.1. The van der Waals surface area contributed by atoms with Crippen LogP contribution in [0, 0.1) is 23.7 Å². The van der Waals surface area contributed by atoms with E-state index < -0.39 is 17.8 Å². The van der Waals surface area contributed by atoms with Crippen molar-refractivity contribution in [2.75, 3.05) is 5.32 Å². The summed E-state index contributed by atoms with van der Waals surface area (Å²) in [6, 6.07) is 7.71. The highest BCUT2D eigenvalue weighted by Gasteiger charge is 2.51. The number of carbonyl (C=O) groups excluding carboxylic acids is 2. The molecule has 0 heterocycles. The molecule has 0 unspecified atom stereocenters. The predicted octanol–water partition coefficient (Wildman–Crippen LogP) is 1.60. The minimum absolute atomic E-state index is 0.123. The summed E-state index contributed by atoms with van der Waals surface area (Å²) in [6.07, 6.45) is 3.63. The lowest BCUT2D eigenvalue weighted by Crippen LogP contribution is -2.43. The Kier molecular flexibility index (Phi) is 3.70. The minimum Gasteiger partial charge on any atom is -0.550 e. The summed E-state index contributed by atoms with van der Waals surface area (Å²) in [7, 11) is 0. The van der Waals surface area contributed by atoms with Gasteiger partial charge in [0.25, 0.3) is 0 Å². The van der Waals surface area contributed by atoms with E-state index in [1.807, 2.05) is 24.3 Å². The molecule has 1 aromatic rings. The largest absolute Gasteiger partial charge is 0.550 e. The number of nitrogens with one attached hydrogen (secondary N) is 1. The number of hydrogen-bond acceptors (Lipinski definition) is 3. The van der Waals surface area contributed by atoms with Gasteiger partial charge in [0.2, 0.25) is 5.91 Å². The molecule has 0 radical (unpaired) electrons. The van der Waals surface area contributed by atoms with Gasteiger partial charge in [-0.05, 0) is 55.2 Å². The summed E-state index contributed by atoms with van der Waals surface area (Å²) in [4.78, 5) is 23.9. The van der Waals surface area contributed by atoms with Crippen molar-refractivity contribution in [1.29, 1.82) is 0 Å². The fraction of sp³-hybridized carbons (Fsp3) is 0.529. The van der Waals surface area contributed by atoms with Crippen LogP contribution in [0.3, 0.4) is 0 Å². The first-order valence-corrected chi connectivity index (χ1v) is 7.70. The maximum absolute atomic E-state index is 12.5. The number of carbonyl (C=O) groups is 2. The number of aryl methyl sites for hydroxylation is 1. The summed E-state index contributed by atoms with van der Waals surface area (Å²) in [5.74, 6) is -1.95. The van der Waals surface area contributed by atoms with Crippen molar-refractivity contribution in [3.8, 4) is 0 Å². The highest BCUT2D eigenvalue weighted by atomic mass is 16.4. The molecule has 2 bridgehead atoms. The van der Waals surface area contributed by atoms with Crippen LogP contribution in [-0.4, -0.2) is 11.9 Å². The number of carboxylic acid groups (broad SMARTS) is 1. The van der Waals surface area contributed by atoms with Gasteiger partial charge >= 0.3 is 0 Å². The Hall–Kier alpha value is -1.84. The molecule has 112 valence electrons. The Morgan fingerprint density at radius 1 is 1.24 bits per heavy atom. The average Bonchev–Trinajstić information content (AvgIpc) is 3.07. The van der Waals surface area contributed by atoms with Crippen LogP contribution in [0.4, 0.5) is 5.69 Å². The van der Waals surface area contributed by atoms with E-state index in [0.29, 0.717) is 0 Å². The lowest BCUT2D eigenvalue weighted by atomic mass is 9.78. The number of fused-ring (bicyclic) bond motifs is 2. The number of hydrogen-bond donors (Lipinski definition) is 1. The van der Waals surface area contributed by atoms with E-state index in [4.69, 9.17) is 0 Å². The smallest absolute Gasteiger partial charge is 0.228 e. The molecule has 2 fully saturated rings. The fourth-order valence-electron chi connectivity index (χ4n) is 4.10. The van der Waals surface area contributed by atoms with Gasteiger partial charge in [-0.15, -0.1) is 0 Å². The van der Waals surface area contributed by atoms with Crippen molar-refractivity contribution in [2.45, 2.75) is 32.6 Å². The number of amides is 1. The predicted molar refractivity (Wildman–Crippen MR) is 77.3 cm³/mol. The van der Waals surface area contributed by atoms with Gasteiger partial charge in [0, 0.05) is 23.5 Å². The number of aliphatic carboxylic acids is 1. The van der Waals surface area contributed by atoms with Crippen molar-refractivity contribution in [1.82, 2.24) is 0 Å². The van der Waals surface area contributed by atoms with Crippen LogP contribution >= 0.6 is 0 Å². The maximum Gasteiger partial charge on any atom is 0.228 e. The highest BCUT2D eigenvalue weighted by Crippen LogP contribution is 2.52. The van der Waals surface area contributed by atoms with Crippen LogP contribution in [0.1, 0.15) is 31.7 Å². The molecule has 0 aromatic heterocycles. The number of carboxylic acids is 1. The fourth-order valence-corrected chi connectivity index (χ4v) is 4.10. The molecule has 1 amide bonds. The molecule has 4 atom stereocenters. The Morgan fingerprint density at radius 3 is 2.62 bits per heavy atom. The quantitative estimate of drug-likeness (QED) is 0.914. The van der Waals surface area contributed by atoms with E-state index in [-0.39, 0.29) is 17.7 Å². The molecule has 0 saturated heterocycles. The number of rotatable bonds is 4. The van der Waals surface area contributed by atoms with E-state index in [1.165, 1.54) is 0 Å². The number of anilines is 1. The standard InChI is InChI=1S/C17H21NO3/c1-2-10-4-3-5-13(8-10)18-16(19)14-11-6-7-12(9-11)15(14)17(20)21/h3-5,8,11-12,14-15H,2,6-7,9H2,1H3,(H,18,19)(H,20,21)/p-1/t11-,12+,14+,15+/m1/s1. The van der Waals surface area contributed by atoms with Crippen molar-refractivity contribution < 1.29 is 14.7 Å². The topological polar surface area (TPSA) is 69.2 Å². The average molecular weight is 286 g/mol. The second kappa shape index (κ2) is 5.51. The lowest BCUT2D eigenvalue weighted by Gasteiger charge is -2.30. The second-order valence-electron chi connectivity index (χ2n) is 6.25. The summed E-state index contributed by atoms with van der Waals surface area (Å²) in [6.45, 7) is 2.06. The third kappa shape index (κ3) is 2.55. The maximum atomic E-state index is 12.5. The Balaban J connectivity index is 1.76. The van der Waals surface area contributed by atoms with Crippen molar-refractivity contribution in [3.05, 3.63) is 29.8 Å². The van der Waals surface area contributed by atoms with Crippen molar-refractivity contribution >= 4 is 17.6 Å². The molecule has 0 spiro atoms. The van der Waals surface area contributed by atoms with Crippen LogP contribution in [-0.2, 0) is 16.0 Å². The Morgan fingerprint density at radius 2 is 1.95 bits per heavy atom. The van der Waals surface area contributed by atoms with Gasteiger partial charge in [-0.1, -0.05) is 19.1 Å². The highest BCUT2D eigenvalue weighted by molar-refractivity contribution is 5.95. The molecule has 4 heteroatoms. The van der Waals surface area contributed by atoms with Gasteiger partial charge in [0.1, 0.15) is 0 Å². The molecule has 2 aliphatic carbocycles. The van der Waals surface area contributed by atoms with Gasteiger partial charge in [-0.25, -0.2) is 0 Å². The zero-order chi connectivity index (χ0) is 15.0. The zero-order valence-electron chi connectivity index (χ0n) is 12.2. The third-order valence-electron chi connectivity index (χ3n) is 5.09. The Labute approximate surface area is 124 Å². The van der Waals surface area contributed by atoms with E-state index in [9.17, 15) is 14.7 Å². The van der Waals surface area contributed by atoms with Gasteiger partial charge in [0.15, 0.2) is 0 Å². The van der Waals surface area contributed by atoms with E-state index >= 15 is 0 Å². The molecule has 1 N–H and O–H groups in total. The molecule has 1 aromatic carbocycles. The van der Waals surface area contributed by atoms with Gasteiger partial charge in [-0.3, -0.25) is 4.79 Å². The van der Waals surface area contributed by atoms with E-state index in [2.05, 4.69) is 12.2 Å². The van der Waals surface area contributed by atoms with Crippen LogP contribution in [0.25, 0.3) is 0 Å². The van der Waals surface area contributed by atoms with Crippen molar-refractivity contribution in [3.63, 3.8) is 0 Å². The molecule has 2 saturated carbocycles. The van der Waals surface area contributed by atoms with E-state index in [0.717, 1.165) is 36.9 Å². The van der Waals surface area contributed by atoms with E-state index in [1.54, 1.807) is 0 Å². The molecule has 3 rings (SSSR count). The summed E-state index contributed by atoms with van der Waals surface area (Å²) >= 11 is 0. The van der Waals surface area contributed by atoms with Crippen LogP contribution in [0.2, 0.25) is 0 Å².